The highest BCUT2D eigenvalue weighted by molar-refractivity contribution is 5.95. The van der Waals surface area contributed by atoms with Crippen LogP contribution in [0.5, 0.6) is 0 Å². The van der Waals surface area contributed by atoms with Crippen LogP contribution in [0.15, 0.2) is 12.1 Å². The predicted molar refractivity (Wildman–Crippen MR) is 69.5 cm³/mol. The van der Waals surface area contributed by atoms with Crippen LogP contribution in [0.1, 0.15) is 21.7 Å². The van der Waals surface area contributed by atoms with Crippen molar-refractivity contribution in [3.05, 3.63) is 29.1 Å². The van der Waals surface area contributed by atoms with Gasteiger partial charge < -0.3 is 10.2 Å². The molecule has 0 aromatic carbocycles. The van der Waals surface area contributed by atoms with Crippen molar-refractivity contribution >= 4 is 5.91 Å². The molecule has 2 atom stereocenters. The first-order valence-corrected chi connectivity index (χ1v) is 6.59. The number of likely N-dealkylation sites (tertiary alicyclic amines) is 1. The van der Waals surface area contributed by atoms with E-state index >= 15 is 0 Å². The van der Waals surface area contributed by atoms with Gasteiger partial charge in [-0.1, -0.05) is 0 Å². The van der Waals surface area contributed by atoms with Crippen LogP contribution in [0, 0.1) is 25.7 Å². The van der Waals surface area contributed by atoms with E-state index in [1.807, 2.05) is 30.9 Å². The molecule has 0 spiro atoms. The first-order valence-electron chi connectivity index (χ1n) is 6.59. The Kier molecular flexibility index (Phi) is 2.82. The van der Waals surface area contributed by atoms with Crippen LogP contribution in [0.2, 0.25) is 0 Å². The Bertz CT molecular complexity index is 474. The molecule has 1 aromatic rings. The minimum atomic E-state index is 0.148. The van der Waals surface area contributed by atoms with Crippen LogP contribution in [0.4, 0.5) is 0 Å². The predicted octanol–water partition coefficient (Wildman–Crippen LogP) is 0.990. The zero-order chi connectivity index (χ0) is 12.7. The third-order valence-electron chi connectivity index (χ3n) is 4.13. The maximum absolute atomic E-state index is 12.5. The van der Waals surface area contributed by atoms with Gasteiger partial charge in [-0.05, 0) is 37.8 Å². The molecular weight excluding hydrogens is 226 g/mol. The Labute approximate surface area is 107 Å². The number of amides is 1. The zero-order valence-electron chi connectivity index (χ0n) is 10.9. The number of nitrogens with one attached hydrogen (secondary N) is 1. The van der Waals surface area contributed by atoms with E-state index in [0.717, 1.165) is 43.1 Å². The molecule has 1 amide bonds. The van der Waals surface area contributed by atoms with Gasteiger partial charge in [0.1, 0.15) is 0 Å². The summed E-state index contributed by atoms with van der Waals surface area (Å²) in [4.78, 5) is 18.8. The van der Waals surface area contributed by atoms with E-state index < -0.39 is 0 Å². The average molecular weight is 245 g/mol. The quantitative estimate of drug-likeness (QED) is 0.802. The Morgan fingerprint density at radius 3 is 2.56 bits per heavy atom. The van der Waals surface area contributed by atoms with Crippen LogP contribution in [0.3, 0.4) is 0 Å². The highest BCUT2D eigenvalue weighted by Gasteiger charge is 2.38. The second-order valence-electron chi connectivity index (χ2n) is 5.47. The lowest BCUT2D eigenvalue weighted by molar-refractivity contribution is 0.0780. The van der Waals surface area contributed by atoms with E-state index in [4.69, 9.17) is 0 Å². The lowest BCUT2D eigenvalue weighted by Gasteiger charge is -2.18. The van der Waals surface area contributed by atoms with Crippen molar-refractivity contribution in [2.75, 3.05) is 26.2 Å². The second kappa shape index (κ2) is 4.35. The molecule has 1 aromatic heterocycles. The number of hydrogen-bond acceptors (Lipinski definition) is 3. The summed E-state index contributed by atoms with van der Waals surface area (Å²) in [5.41, 5.74) is 2.57. The van der Waals surface area contributed by atoms with Crippen molar-refractivity contribution in [3.8, 4) is 0 Å². The fraction of sp³-hybridized carbons (Fsp3) is 0.571. The molecule has 2 aliphatic rings. The molecule has 3 rings (SSSR count). The fourth-order valence-corrected chi connectivity index (χ4v) is 3.10. The number of aryl methyl sites for hydroxylation is 2. The lowest BCUT2D eigenvalue weighted by atomic mass is 10.0. The molecule has 0 saturated carbocycles. The van der Waals surface area contributed by atoms with Gasteiger partial charge in [0.05, 0.1) is 11.3 Å². The Hall–Kier alpha value is -1.42. The van der Waals surface area contributed by atoms with Crippen molar-refractivity contribution in [3.63, 3.8) is 0 Å². The molecule has 2 unspecified atom stereocenters. The van der Waals surface area contributed by atoms with E-state index in [0.29, 0.717) is 11.8 Å². The van der Waals surface area contributed by atoms with Gasteiger partial charge in [0.2, 0.25) is 0 Å². The highest BCUT2D eigenvalue weighted by Crippen LogP contribution is 2.27. The molecule has 1 N–H and O–H groups in total. The SMILES string of the molecule is Cc1ccc(C(=O)N2CC3CNCC3C2)c(C)n1. The number of pyridine rings is 1. The molecular formula is C14H19N3O. The van der Waals surface area contributed by atoms with Crippen molar-refractivity contribution in [2.24, 2.45) is 11.8 Å². The van der Waals surface area contributed by atoms with Crippen LogP contribution in [0.25, 0.3) is 0 Å². The summed E-state index contributed by atoms with van der Waals surface area (Å²) in [7, 11) is 0. The molecule has 0 radical (unpaired) electrons. The third kappa shape index (κ3) is 1.90. The van der Waals surface area contributed by atoms with Gasteiger partial charge in [0, 0.05) is 31.9 Å². The van der Waals surface area contributed by atoms with Gasteiger partial charge in [-0.2, -0.15) is 0 Å². The summed E-state index contributed by atoms with van der Waals surface area (Å²) >= 11 is 0. The number of aromatic nitrogens is 1. The van der Waals surface area contributed by atoms with Gasteiger partial charge in [-0.15, -0.1) is 0 Å². The van der Waals surface area contributed by atoms with Crippen molar-refractivity contribution in [2.45, 2.75) is 13.8 Å². The molecule has 2 aliphatic heterocycles. The zero-order valence-corrected chi connectivity index (χ0v) is 10.9. The average Bonchev–Trinajstić information content (AvgIpc) is 2.87. The monoisotopic (exact) mass is 245 g/mol. The number of hydrogen-bond donors (Lipinski definition) is 1. The van der Waals surface area contributed by atoms with E-state index in [1.165, 1.54) is 0 Å². The maximum Gasteiger partial charge on any atom is 0.255 e. The summed E-state index contributed by atoms with van der Waals surface area (Å²) in [5.74, 6) is 1.44. The molecule has 4 nitrogen and oxygen atoms in total. The molecule has 96 valence electrons. The summed E-state index contributed by atoms with van der Waals surface area (Å²) in [6.45, 7) is 7.76. The first-order chi connectivity index (χ1) is 8.65. The molecule has 0 aliphatic carbocycles. The van der Waals surface area contributed by atoms with Crippen molar-refractivity contribution in [1.29, 1.82) is 0 Å². The summed E-state index contributed by atoms with van der Waals surface area (Å²) in [6, 6.07) is 3.82. The summed E-state index contributed by atoms with van der Waals surface area (Å²) < 4.78 is 0. The Morgan fingerprint density at radius 1 is 1.28 bits per heavy atom. The lowest BCUT2D eigenvalue weighted by Crippen LogP contribution is -2.32. The Morgan fingerprint density at radius 2 is 1.94 bits per heavy atom. The summed E-state index contributed by atoms with van der Waals surface area (Å²) in [6.07, 6.45) is 0. The molecule has 2 saturated heterocycles. The molecule has 0 bridgehead atoms. The van der Waals surface area contributed by atoms with Gasteiger partial charge >= 0.3 is 0 Å². The Balaban J connectivity index is 1.79. The molecule has 2 fully saturated rings. The van der Waals surface area contributed by atoms with Crippen LogP contribution in [-0.2, 0) is 0 Å². The van der Waals surface area contributed by atoms with Gasteiger partial charge in [-0.3, -0.25) is 9.78 Å². The van der Waals surface area contributed by atoms with Crippen LogP contribution >= 0.6 is 0 Å². The number of fused-ring (bicyclic) bond motifs is 1. The number of carbonyl (C=O) groups excluding carboxylic acids is 1. The fourth-order valence-electron chi connectivity index (χ4n) is 3.10. The normalized spacial score (nSPS) is 26.4. The number of carbonyl (C=O) groups is 1. The summed E-state index contributed by atoms with van der Waals surface area (Å²) in [5, 5.41) is 3.39. The number of rotatable bonds is 1. The van der Waals surface area contributed by atoms with Gasteiger partial charge in [-0.25, -0.2) is 0 Å². The van der Waals surface area contributed by atoms with E-state index in [9.17, 15) is 4.79 Å². The first kappa shape index (κ1) is 11.7. The standard InChI is InChI=1S/C14H19N3O/c1-9-3-4-13(10(2)16-9)14(18)17-7-11-5-15-6-12(11)8-17/h3-4,11-12,15H,5-8H2,1-2H3. The van der Waals surface area contributed by atoms with Crippen molar-refractivity contribution < 1.29 is 4.79 Å². The topological polar surface area (TPSA) is 45.2 Å². The van der Waals surface area contributed by atoms with E-state index in [-0.39, 0.29) is 5.91 Å². The molecule has 3 heterocycles. The van der Waals surface area contributed by atoms with Gasteiger partial charge in [0.15, 0.2) is 0 Å². The van der Waals surface area contributed by atoms with E-state index in [2.05, 4.69) is 10.3 Å². The largest absolute Gasteiger partial charge is 0.338 e. The molecule has 4 heteroatoms. The second-order valence-corrected chi connectivity index (χ2v) is 5.47. The molecule has 18 heavy (non-hydrogen) atoms. The van der Waals surface area contributed by atoms with E-state index in [1.54, 1.807) is 0 Å². The van der Waals surface area contributed by atoms with Crippen molar-refractivity contribution in [1.82, 2.24) is 15.2 Å². The smallest absolute Gasteiger partial charge is 0.255 e. The number of nitrogens with zero attached hydrogens (tertiary/aromatic N) is 2. The van der Waals surface area contributed by atoms with Gasteiger partial charge in [0.25, 0.3) is 5.91 Å². The van der Waals surface area contributed by atoms with Crippen LogP contribution < -0.4 is 5.32 Å². The minimum Gasteiger partial charge on any atom is -0.338 e. The third-order valence-corrected chi connectivity index (χ3v) is 4.13. The van der Waals surface area contributed by atoms with Crippen LogP contribution in [-0.4, -0.2) is 42.0 Å². The highest BCUT2D eigenvalue weighted by atomic mass is 16.2. The maximum atomic E-state index is 12.5. The minimum absolute atomic E-state index is 0.148.